The number of halogens is 1. The smallest absolute Gasteiger partial charge is 0.328 e. The van der Waals surface area contributed by atoms with E-state index in [1.807, 2.05) is 6.07 Å². The third-order valence-corrected chi connectivity index (χ3v) is 4.21. The third kappa shape index (κ3) is 3.13. The first-order valence-electron chi connectivity index (χ1n) is 7.01. The summed E-state index contributed by atoms with van der Waals surface area (Å²) in [5, 5.41) is 14.8. The van der Waals surface area contributed by atoms with E-state index >= 15 is 0 Å². The fraction of sp³-hybridized carbons (Fsp3) is 0.400. The van der Waals surface area contributed by atoms with Gasteiger partial charge in [-0.1, -0.05) is 0 Å². The minimum Gasteiger partial charge on any atom is -0.478 e. The zero-order chi connectivity index (χ0) is 14.9. The number of nitrogens with zero attached hydrogens (tertiary/aromatic N) is 1. The minimum atomic E-state index is -0.990. The number of carbonyl (C=O) groups is 2. The summed E-state index contributed by atoms with van der Waals surface area (Å²) in [7, 11) is 0. The van der Waals surface area contributed by atoms with Crippen molar-refractivity contribution < 1.29 is 14.7 Å². The second kappa shape index (κ2) is 6.46. The molecule has 1 saturated heterocycles. The third-order valence-electron chi connectivity index (χ3n) is 4.21. The zero-order valence-electron chi connectivity index (χ0n) is 12.0. The van der Waals surface area contributed by atoms with Crippen LogP contribution in [0.25, 0.3) is 6.08 Å². The SMILES string of the molecule is Cl.O=C(O)/C=C/c1cnc2c(c1)CC1(CCNCC1)C(=O)N2. The van der Waals surface area contributed by atoms with Crippen molar-refractivity contribution >= 4 is 36.2 Å². The van der Waals surface area contributed by atoms with Crippen LogP contribution in [0.2, 0.25) is 0 Å². The van der Waals surface area contributed by atoms with Crippen molar-refractivity contribution in [2.75, 3.05) is 18.4 Å². The number of amides is 1. The van der Waals surface area contributed by atoms with Crippen LogP contribution in [0, 0.1) is 5.41 Å². The maximum absolute atomic E-state index is 12.4. The number of piperidine rings is 1. The average Bonchev–Trinajstić information content (AvgIpc) is 2.47. The Morgan fingerprint density at radius 2 is 2.09 bits per heavy atom. The molecule has 0 unspecified atom stereocenters. The van der Waals surface area contributed by atoms with Crippen LogP contribution in [0.4, 0.5) is 5.82 Å². The zero-order valence-corrected chi connectivity index (χ0v) is 12.8. The molecule has 1 spiro atoms. The summed E-state index contributed by atoms with van der Waals surface area (Å²) in [6.07, 6.45) is 6.46. The van der Waals surface area contributed by atoms with Gasteiger partial charge in [-0.05, 0) is 55.6 Å². The molecule has 0 radical (unpaired) electrons. The van der Waals surface area contributed by atoms with Gasteiger partial charge in [-0.15, -0.1) is 12.4 Å². The number of fused-ring (bicyclic) bond motifs is 1. The molecule has 2 aliphatic rings. The number of aliphatic carboxylic acids is 1. The Labute approximate surface area is 134 Å². The molecule has 1 amide bonds. The first-order chi connectivity index (χ1) is 10.1. The van der Waals surface area contributed by atoms with Gasteiger partial charge < -0.3 is 15.7 Å². The van der Waals surface area contributed by atoms with E-state index in [9.17, 15) is 9.59 Å². The van der Waals surface area contributed by atoms with Crippen molar-refractivity contribution in [2.24, 2.45) is 5.41 Å². The van der Waals surface area contributed by atoms with E-state index in [1.165, 1.54) is 6.08 Å². The van der Waals surface area contributed by atoms with Crippen molar-refractivity contribution in [3.63, 3.8) is 0 Å². The number of hydrogen-bond donors (Lipinski definition) is 3. The van der Waals surface area contributed by atoms with Gasteiger partial charge in [0, 0.05) is 12.3 Å². The number of rotatable bonds is 2. The van der Waals surface area contributed by atoms with Crippen LogP contribution < -0.4 is 10.6 Å². The molecule has 22 heavy (non-hydrogen) atoms. The second-order valence-electron chi connectivity index (χ2n) is 5.61. The molecule has 1 fully saturated rings. The van der Waals surface area contributed by atoms with Crippen LogP contribution >= 0.6 is 12.4 Å². The molecule has 3 heterocycles. The summed E-state index contributed by atoms with van der Waals surface area (Å²) in [6.45, 7) is 1.68. The summed E-state index contributed by atoms with van der Waals surface area (Å²) in [4.78, 5) is 27.2. The lowest BCUT2D eigenvalue weighted by Crippen LogP contribution is -2.48. The highest BCUT2D eigenvalue weighted by Crippen LogP contribution is 2.39. The summed E-state index contributed by atoms with van der Waals surface area (Å²) in [6, 6.07) is 1.91. The molecule has 0 atom stereocenters. The summed E-state index contributed by atoms with van der Waals surface area (Å²) >= 11 is 0. The van der Waals surface area contributed by atoms with Gasteiger partial charge in [0.05, 0.1) is 5.41 Å². The lowest BCUT2D eigenvalue weighted by Gasteiger charge is -2.39. The Hall–Kier alpha value is -1.92. The topological polar surface area (TPSA) is 91.3 Å². The molecule has 0 aliphatic carbocycles. The predicted molar refractivity (Wildman–Crippen MR) is 85.0 cm³/mol. The summed E-state index contributed by atoms with van der Waals surface area (Å²) in [5.74, 6) is -0.342. The molecular weight excluding hydrogens is 306 g/mol. The lowest BCUT2D eigenvalue weighted by molar-refractivity contribution is -0.131. The van der Waals surface area contributed by atoms with Crippen molar-refractivity contribution in [3.8, 4) is 0 Å². The number of nitrogens with one attached hydrogen (secondary N) is 2. The molecule has 1 aromatic rings. The second-order valence-corrected chi connectivity index (χ2v) is 5.61. The molecule has 1 aromatic heterocycles. The normalized spacial score (nSPS) is 19.4. The molecule has 6 nitrogen and oxygen atoms in total. The van der Waals surface area contributed by atoms with Crippen molar-refractivity contribution in [1.82, 2.24) is 10.3 Å². The highest BCUT2D eigenvalue weighted by Gasteiger charge is 2.43. The van der Waals surface area contributed by atoms with Gasteiger partial charge in [0.25, 0.3) is 0 Å². The summed E-state index contributed by atoms with van der Waals surface area (Å²) < 4.78 is 0. The van der Waals surface area contributed by atoms with Crippen LogP contribution in [0.15, 0.2) is 18.3 Å². The van der Waals surface area contributed by atoms with Crippen LogP contribution in [-0.4, -0.2) is 35.1 Å². The molecular formula is C15H18ClN3O3. The van der Waals surface area contributed by atoms with Crippen molar-refractivity contribution in [1.29, 1.82) is 0 Å². The molecule has 3 N–H and O–H groups in total. The molecule has 7 heteroatoms. The minimum absolute atomic E-state index is 0. The largest absolute Gasteiger partial charge is 0.478 e. The van der Waals surface area contributed by atoms with E-state index in [2.05, 4.69) is 15.6 Å². The Morgan fingerprint density at radius 3 is 2.77 bits per heavy atom. The van der Waals surface area contributed by atoms with Gasteiger partial charge in [0.1, 0.15) is 5.82 Å². The maximum Gasteiger partial charge on any atom is 0.328 e. The van der Waals surface area contributed by atoms with Crippen LogP contribution in [-0.2, 0) is 16.0 Å². The summed E-state index contributed by atoms with van der Waals surface area (Å²) in [5.41, 5.74) is 1.36. The van der Waals surface area contributed by atoms with Gasteiger partial charge in [-0.2, -0.15) is 0 Å². The van der Waals surface area contributed by atoms with Gasteiger partial charge in [-0.3, -0.25) is 4.79 Å². The van der Waals surface area contributed by atoms with Crippen molar-refractivity contribution in [2.45, 2.75) is 19.3 Å². The number of pyridine rings is 1. The Bertz CT molecular complexity index is 624. The highest BCUT2D eigenvalue weighted by atomic mass is 35.5. The number of anilines is 1. The first-order valence-corrected chi connectivity index (χ1v) is 7.01. The van der Waals surface area contributed by atoms with Crippen molar-refractivity contribution in [3.05, 3.63) is 29.5 Å². The average molecular weight is 324 g/mol. The van der Waals surface area contributed by atoms with Gasteiger partial charge >= 0.3 is 5.97 Å². The Balaban J connectivity index is 0.00000176. The standard InChI is InChI=1S/C15H17N3O3.ClH/c19-12(20)2-1-10-7-11-8-15(3-5-16-6-4-15)14(21)18-13(11)17-9-10;/h1-2,7,9,16H,3-6,8H2,(H,19,20)(H,17,18,21);1H/b2-1+;. The van der Waals surface area contributed by atoms with E-state index in [0.717, 1.165) is 43.1 Å². The van der Waals surface area contributed by atoms with E-state index in [1.54, 1.807) is 6.20 Å². The predicted octanol–water partition coefficient (Wildman–Crippen LogP) is 1.47. The van der Waals surface area contributed by atoms with Gasteiger partial charge in [0.15, 0.2) is 0 Å². The van der Waals surface area contributed by atoms with E-state index in [-0.39, 0.29) is 23.7 Å². The molecule has 118 valence electrons. The quantitative estimate of drug-likeness (QED) is 0.717. The monoisotopic (exact) mass is 323 g/mol. The van der Waals surface area contributed by atoms with Gasteiger partial charge in [-0.25, -0.2) is 9.78 Å². The molecule has 0 aromatic carbocycles. The number of aromatic nitrogens is 1. The Morgan fingerprint density at radius 1 is 1.36 bits per heavy atom. The van der Waals surface area contributed by atoms with E-state index in [4.69, 9.17) is 5.11 Å². The maximum atomic E-state index is 12.4. The molecule has 0 bridgehead atoms. The number of carboxylic acids is 1. The van der Waals surface area contributed by atoms with Crippen LogP contribution in [0.5, 0.6) is 0 Å². The number of carboxylic acid groups (broad SMARTS) is 1. The molecule has 0 saturated carbocycles. The van der Waals surface area contributed by atoms with Crippen LogP contribution in [0.1, 0.15) is 24.0 Å². The highest BCUT2D eigenvalue weighted by molar-refractivity contribution is 5.97. The van der Waals surface area contributed by atoms with E-state index < -0.39 is 5.97 Å². The first kappa shape index (κ1) is 16.5. The fourth-order valence-electron chi connectivity index (χ4n) is 3.03. The molecule has 3 rings (SSSR count). The fourth-order valence-corrected chi connectivity index (χ4v) is 3.03. The van der Waals surface area contributed by atoms with E-state index in [0.29, 0.717) is 12.2 Å². The Kier molecular flexibility index (Phi) is 4.83. The lowest BCUT2D eigenvalue weighted by atomic mass is 9.71. The number of hydrogen-bond acceptors (Lipinski definition) is 4. The molecule has 2 aliphatic heterocycles. The van der Waals surface area contributed by atoms with Crippen LogP contribution in [0.3, 0.4) is 0 Å². The van der Waals surface area contributed by atoms with Gasteiger partial charge in [0.2, 0.25) is 5.91 Å². The number of carbonyl (C=O) groups excluding carboxylic acids is 1.